The van der Waals surface area contributed by atoms with Gasteiger partial charge >= 0.3 is 0 Å². The number of benzene rings is 7. The van der Waals surface area contributed by atoms with Gasteiger partial charge in [0.25, 0.3) is 23.6 Å². The summed E-state index contributed by atoms with van der Waals surface area (Å²) in [4.78, 5) is 76.5. The fraction of sp³-hybridized carbons (Fsp3) is 0.250. The van der Waals surface area contributed by atoms with E-state index in [2.05, 4.69) is 51.1 Å². The minimum absolute atomic E-state index is 0.0244. The maximum atomic E-state index is 13.9. The van der Waals surface area contributed by atoms with Crippen molar-refractivity contribution in [1.29, 1.82) is 0 Å². The van der Waals surface area contributed by atoms with Crippen LogP contribution in [-0.2, 0) is 37.5 Å². The molecule has 7 N–H and O–H groups in total. The molecule has 3 aliphatic heterocycles. The van der Waals surface area contributed by atoms with E-state index in [1.54, 1.807) is 30.4 Å². The second kappa shape index (κ2) is 26.2. The highest BCUT2D eigenvalue weighted by Crippen LogP contribution is 2.52. The lowest BCUT2D eigenvalue weighted by Gasteiger charge is -2.27. The van der Waals surface area contributed by atoms with Gasteiger partial charge in [0, 0.05) is 52.7 Å². The zero-order chi connectivity index (χ0) is 62.5. The number of carbonyl (C=O) groups excluding carboxylic acids is 4. The number of aromatic nitrogens is 1. The molecule has 7 aromatic carbocycles. The number of carbonyl (C=O) groups is 4. The monoisotopic (exact) mass is 1270 g/mol. The lowest BCUT2D eigenvalue weighted by atomic mass is 9.82. The number of aliphatic imine (C=N–C) groups is 3. The summed E-state index contributed by atoms with van der Waals surface area (Å²) in [7, 11) is 1.65. The van der Waals surface area contributed by atoms with Gasteiger partial charge in [0.15, 0.2) is 34.5 Å². The maximum absolute atomic E-state index is 13.9. The van der Waals surface area contributed by atoms with Crippen LogP contribution in [0.4, 0.5) is 0 Å². The van der Waals surface area contributed by atoms with E-state index >= 15 is 0 Å². The van der Waals surface area contributed by atoms with Gasteiger partial charge < -0.3 is 22.5 Å². The fourth-order valence-corrected chi connectivity index (χ4v) is 12.9. The number of nitrogens with zero attached hydrogens (tertiary/aromatic N) is 7. The summed E-state index contributed by atoms with van der Waals surface area (Å²) in [6.45, 7) is 5.15. The fourth-order valence-electron chi connectivity index (χ4n) is 12.3. The highest BCUT2D eigenvalue weighted by Gasteiger charge is 2.58. The molecule has 15 nitrogen and oxygen atoms in total. The van der Waals surface area contributed by atoms with Crippen LogP contribution >= 0.6 is 27.5 Å². The summed E-state index contributed by atoms with van der Waals surface area (Å²) in [5.74, 6) is 1.02. The number of pyridine rings is 1. The molecule has 452 valence electrons. The van der Waals surface area contributed by atoms with Crippen molar-refractivity contribution in [1.82, 2.24) is 25.0 Å². The van der Waals surface area contributed by atoms with Crippen molar-refractivity contribution < 1.29 is 19.2 Å². The van der Waals surface area contributed by atoms with Gasteiger partial charge in [0.1, 0.15) is 0 Å². The number of nitrogens with one attached hydrogen (secondary N) is 1. The summed E-state index contributed by atoms with van der Waals surface area (Å²) in [5.41, 5.74) is 24.7. The van der Waals surface area contributed by atoms with Crippen molar-refractivity contribution in [2.75, 3.05) is 13.6 Å². The predicted molar refractivity (Wildman–Crippen MR) is 355 cm³/mol. The molecular weight excluding hydrogens is 1200 g/mol. The second-order valence-electron chi connectivity index (χ2n) is 23.6. The summed E-state index contributed by atoms with van der Waals surface area (Å²) in [5, 5.41) is 3.82. The van der Waals surface area contributed by atoms with Crippen LogP contribution in [0.3, 0.4) is 0 Å². The van der Waals surface area contributed by atoms with Gasteiger partial charge in [-0.25, -0.2) is 15.0 Å². The average Bonchev–Trinajstić information content (AvgIpc) is 1.63. The van der Waals surface area contributed by atoms with E-state index in [0.29, 0.717) is 29.0 Å². The molecule has 2 saturated carbocycles. The van der Waals surface area contributed by atoms with Crippen LogP contribution in [0.1, 0.15) is 103 Å². The molecule has 4 heterocycles. The van der Waals surface area contributed by atoms with Crippen LogP contribution in [0.2, 0.25) is 5.02 Å². The van der Waals surface area contributed by atoms with Gasteiger partial charge in [-0.15, -0.1) is 0 Å². The minimum atomic E-state index is -1.23. The number of rotatable bonds is 15. The Morgan fingerprint density at radius 1 is 0.573 bits per heavy atom. The van der Waals surface area contributed by atoms with Crippen molar-refractivity contribution in [2.45, 2.75) is 88.0 Å². The van der Waals surface area contributed by atoms with E-state index in [4.69, 9.17) is 38.8 Å². The van der Waals surface area contributed by atoms with Gasteiger partial charge in [-0.2, -0.15) is 0 Å². The quantitative estimate of drug-likeness (QED) is 0.0772. The molecule has 13 rings (SSSR count). The van der Waals surface area contributed by atoms with E-state index in [0.717, 1.165) is 105 Å². The maximum Gasteiger partial charge on any atom is 0.266 e. The first kappa shape index (κ1) is 61.4. The van der Waals surface area contributed by atoms with Gasteiger partial charge in [0.2, 0.25) is 0 Å². The Bertz CT molecular complexity index is 3980. The molecular formula is C72H71BrClN11O4. The molecule has 1 aromatic heterocycles. The topological polar surface area (TPSA) is 218 Å². The van der Waals surface area contributed by atoms with Crippen LogP contribution in [0.5, 0.6) is 0 Å². The number of nitrogens with two attached hydrogens (primary N) is 3. The molecule has 17 heteroatoms. The lowest BCUT2D eigenvalue weighted by Crippen LogP contribution is -2.44. The molecule has 2 aliphatic carbocycles. The largest absolute Gasteiger partial charge is 0.369 e. The van der Waals surface area contributed by atoms with E-state index < -0.39 is 16.6 Å². The molecule has 0 spiro atoms. The molecule has 0 bridgehead atoms. The summed E-state index contributed by atoms with van der Waals surface area (Å²) < 4.78 is 0.891. The first-order valence-electron chi connectivity index (χ1n) is 30.1. The second-order valence-corrected chi connectivity index (χ2v) is 24.9. The van der Waals surface area contributed by atoms with Crippen molar-refractivity contribution in [3.63, 3.8) is 0 Å². The Kier molecular flexibility index (Phi) is 18.1. The van der Waals surface area contributed by atoms with Crippen molar-refractivity contribution in [3.8, 4) is 22.3 Å². The van der Waals surface area contributed by atoms with E-state index in [1.807, 2.05) is 182 Å². The van der Waals surface area contributed by atoms with Crippen LogP contribution in [0, 0.1) is 11.8 Å². The molecule has 2 fully saturated rings. The Labute approximate surface area is 533 Å². The van der Waals surface area contributed by atoms with Crippen LogP contribution < -0.4 is 22.5 Å². The molecule has 0 radical (unpaired) electrons. The predicted octanol–water partition coefficient (Wildman–Crippen LogP) is 12.3. The molecule has 5 aliphatic rings. The van der Waals surface area contributed by atoms with Crippen LogP contribution in [0.15, 0.2) is 226 Å². The Hall–Kier alpha value is -9.25. The zero-order valence-electron chi connectivity index (χ0n) is 50.0. The SMILES string of the molecule is CC(C)CCN1C(=O)C(c2cccc(-c3cccc(Cl)c3)c2)(C2CC2)N=C1N.CN1C(=O)C(c2ccccc2)(c2cccc(-c3cncc(Br)c3)c2)N=C1N.NC1=NC(c2ccccc2)(c2ccccc2)C(=O)N1Cc1cccc(C(=O)NC2CCCC2)c1. The average molecular weight is 1270 g/mol. The summed E-state index contributed by atoms with van der Waals surface area (Å²) >= 11 is 9.63. The molecule has 8 aromatic rings. The third-order valence-electron chi connectivity index (χ3n) is 17.2. The number of hydrogen-bond acceptors (Lipinski definition) is 11. The molecule has 0 saturated heterocycles. The molecule has 2 unspecified atom stereocenters. The summed E-state index contributed by atoms with van der Waals surface area (Å²) in [6.07, 6.45) is 10.8. The zero-order valence-corrected chi connectivity index (χ0v) is 52.3. The highest BCUT2D eigenvalue weighted by molar-refractivity contribution is 9.10. The normalized spacial score (nSPS) is 19.5. The first-order valence-corrected chi connectivity index (χ1v) is 31.3. The van der Waals surface area contributed by atoms with E-state index in [-0.39, 0.29) is 54.1 Å². The highest BCUT2D eigenvalue weighted by atomic mass is 79.9. The Morgan fingerprint density at radius 3 is 1.67 bits per heavy atom. The minimum Gasteiger partial charge on any atom is -0.369 e. The first-order chi connectivity index (χ1) is 43.0. The number of hydrogen-bond donors (Lipinski definition) is 4. The molecule has 4 amide bonds. The number of likely N-dealkylation sites (N-methyl/N-ethyl adjacent to an activating group) is 1. The third-order valence-corrected chi connectivity index (χ3v) is 17.8. The molecule has 89 heavy (non-hydrogen) atoms. The van der Waals surface area contributed by atoms with Crippen molar-refractivity contribution >= 4 is 69.0 Å². The number of guanidine groups is 3. The van der Waals surface area contributed by atoms with Gasteiger partial charge in [-0.1, -0.05) is 190 Å². The van der Waals surface area contributed by atoms with Crippen LogP contribution in [0.25, 0.3) is 22.3 Å². The lowest BCUT2D eigenvalue weighted by molar-refractivity contribution is -0.132. The van der Waals surface area contributed by atoms with Crippen molar-refractivity contribution in [3.05, 3.63) is 255 Å². The van der Waals surface area contributed by atoms with Crippen LogP contribution in [-0.4, -0.2) is 80.8 Å². The van der Waals surface area contributed by atoms with Gasteiger partial charge in [-0.05, 0) is 152 Å². The number of halogens is 2. The Balaban J connectivity index is 0.000000139. The standard InChI is InChI=1S/C28H28N4O2.C23H26ClN3O.C21H17BrN4O/c29-27-31-28(22-12-3-1-4-13-22,23-14-5-2-6-15-23)26(34)32(27)19-20-10-9-11-21(18-20)25(33)30-24-16-7-8-17-24;1-15(2)11-12-27-21(28)23(18-9-10-18,26-22(27)25)19-7-3-5-16(13-19)17-6-4-8-20(24)14-17;1-26-19(27)21(25-20(26)23,16-7-3-2-4-8-16)17-9-5-6-14(10-17)15-11-18(22)13-24-12-15/h1-6,9-15,18,24H,7-8,16-17,19H2,(H2,29,31)(H,30,33);3-8,13-15,18H,9-12H2,1-2H3,(H2,25,26);2-13H,1H3,(H2,23,25). The smallest absolute Gasteiger partial charge is 0.266 e. The number of amides is 4. The Morgan fingerprint density at radius 2 is 1.10 bits per heavy atom. The molecule has 2 atom stereocenters. The summed E-state index contributed by atoms with van der Waals surface area (Å²) in [6, 6.07) is 61.8. The van der Waals surface area contributed by atoms with Crippen molar-refractivity contribution in [2.24, 2.45) is 44.0 Å². The van der Waals surface area contributed by atoms with E-state index in [9.17, 15) is 19.2 Å². The third kappa shape index (κ3) is 12.5. The van der Waals surface area contributed by atoms with E-state index in [1.165, 1.54) is 9.80 Å². The van der Waals surface area contributed by atoms with Gasteiger partial charge in [-0.3, -0.25) is 38.9 Å². The van der Waals surface area contributed by atoms with Gasteiger partial charge in [0.05, 0.1) is 6.54 Å².